The molecule has 3 aromatic rings. The third-order valence-electron chi connectivity index (χ3n) is 2.78. The first-order valence-electron chi connectivity index (χ1n) is 5.92. The van der Waals surface area contributed by atoms with E-state index >= 15 is 0 Å². The van der Waals surface area contributed by atoms with E-state index < -0.39 is 5.63 Å². The average Bonchev–Trinajstić information content (AvgIpc) is 2.38. The second-order valence-electron chi connectivity index (χ2n) is 4.29. The van der Waals surface area contributed by atoms with Gasteiger partial charge in [0.05, 0.1) is 12.4 Å². The summed E-state index contributed by atoms with van der Waals surface area (Å²) in [4.78, 5) is 19.2. The van der Waals surface area contributed by atoms with E-state index in [2.05, 4.69) is 9.97 Å². The second-order valence-corrected chi connectivity index (χ2v) is 4.29. The fraction of sp³-hybridized carbons (Fsp3) is 0.0714. The molecule has 0 aliphatic rings. The number of ether oxygens (including phenoxy) is 1. The summed E-state index contributed by atoms with van der Waals surface area (Å²) < 4.78 is 10.7. The van der Waals surface area contributed by atoms with Crippen LogP contribution in [0, 0.1) is 6.92 Å². The molecule has 0 bridgehead atoms. The van der Waals surface area contributed by atoms with Crippen molar-refractivity contribution in [2.24, 2.45) is 0 Å². The molecule has 0 aliphatic carbocycles. The second kappa shape index (κ2) is 4.65. The zero-order valence-electron chi connectivity index (χ0n) is 10.7. The Kier molecular flexibility index (Phi) is 2.83. The molecule has 100 valence electrons. The minimum atomic E-state index is -0.393. The highest BCUT2D eigenvalue weighted by Gasteiger charge is 2.05. The van der Waals surface area contributed by atoms with Crippen molar-refractivity contribution < 1.29 is 9.15 Å². The molecule has 0 aliphatic heterocycles. The Hall–Kier alpha value is -2.89. The van der Waals surface area contributed by atoms with Gasteiger partial charge < -0.3 is 14.9 Å². The molecule has 6 heteroatoms. The molecule has 0 radical (unpaired) electrons. The van der Waals surface area contributed by atoms with Crippen LogP contribution < -0.4 is 16.1 Å². The Balaban J connectivity index is 2.03. The topological polar surface area (TPSA) is 91.2 Å². The third kappa shape index (κ3) is 2.31. The normalized spacial score (nSPS) is 10.7. The predicted octanol–water partition coefficient (Wildman–Crippen LogP) is 2.27. The van der Waals surface area contributed by atoms with Gasteiger partial charge in [0.1, 0.15) is 17.2 Å². The van der Waals surface area contributed by atoms with Crippen LogP contribution in [0.2, 0.25) is 0 Å². The number of fused-ring (bicyclic) bond motifs is 1. The molecule has 1 aromatic carbocycles. The maximum atomic E-state index is 11.4. The third-order valence-corrected chi connectivity index (χ3v) is 2.78. The molecule has 2 aromatic heterocycles. The van der Waals surface area contributed by atoms with Crippen LogP contribution in [0.4, 0.5) is 5.82 Å². The molecule has 6 nitrogen and oxygen atoms in total. The Morgan fingerprint density at radius 2 is 2.10 bits per heavy atom. The summed E-state index contributed by atoms with van der Waals surface area (Å²) >= 11 is 0. The molecule has 2 heterocycles. The van der Waals surface area contributed by atoms with Crippen molar-refractivity contribution in [3.8, 4) is 11.6 Å². The quantitative estimate of drug-likeness (QED) is 0.717. The van der Waals surface area contributed by atoms with Gasteiger partial charge in [-0.05, 0) is 24.6 Å². The number of nitrogens with zero attached hydrogens (tertiary/aromatic N) is 2. The minimum absolute atomic E-state index is 0.269. The molecule has 3 rings (SSSR count). The lowest BCUT2D eigenvalue weighted by Gasteiger charge is -2.06. The molecule has 0 fully saturated rings. The van der Waals surface area contributed by atoms with Crippen LogP contribution in [0.3, 0.4) is 0 Å². The summed E-state index contributed by atoms with van der Waals surface area (Å²) in [7, 11) is 0. The Morgan fingerprint density at radius 3 is 2.90 bits per heavy atom. The number of nitrogen functional groups attached to an aromatic ring is 1. The first-order chi connectivity index (χ1) is 9.61. The first kappa shape index (κ1) is 12.2. The fourth-order valence-corrected chi connectivity index (χ4v) is 1.90. The van der Waals surface area contributed by atoms with E-state index in [-0.39, 0.29) is 11.7 Å². The van der Waals surface area contributed by atoms with Crippen LogP contribution in [-0.2, 0) is 0 Å². The lowest BCUT2D eigenvalue weighted by atomic mass is 10.1. The van der Waals surface area contributed by atoms with Gasteiger partial charge >= 0.3 is 5.63 Å². The van der Waals surface area contributed by atoms with Crippen molar-refractivity contribution in [2.75, 3.05) is 5.73 Å². The molecule has 0 unspecified atom stereocenters. The van der Waals surface area contributed by atoms with Gasteiger partial charge in [-0.2, -0.15) is 4.98 Å². The molecule has 0 saturated heterocycles. The summed E-state index contributed by atoms with van der Waals surface area (Å²) in [5.74, 6) is 1.04. The Labute approximate surface area is 113 Å². The van der Waals surface area contributed by atoms with E-state index in [1.165, 1.54) is 18.5 Å². The predicted molar refractivity (Wildman–Crippen MR) is 73.7 cm³/mol. The van der Waals surface area contributed by atoms with Crippen LogP contribution in [0.15, 0.2) is 45.9 Å². The fourth-order valence-electron chi connectivity index (χ4n) is 1.90. The van der Waals surface area contributed by atoms with E-state index in [0.29, 0.717) is 11.3 Å². The summed E-state index contributed by atoms with van der Waals surface area (Å²) in [5, 5.41) is 0.857. The number of hydrogen-bond donors (Lipinski definition) is 1. The maximum absolute atomic E-state index is 11.4. The van der Waals surface area contributed by atoms with Gasteiger partial charge in [0, 0.05) is 17.5 Å². The number of hydrogen-bond acceptors (Lipinski definition) is 6. The smallest absolute Gasteiger partial charge is 0.336 e. The van der Waals surface area contributed by atoms with Gasteiger partial charge in [-0.25, -0.2) is 4.79 Å². The SMILES string of the molecule is Cc1cc(=O)oc2cc(Oc3cncc(N)n3)ccc12. The van der Waals surface area contributed by atoms with Gasteiger partial charge in [-0.3, -0.25) is 4.98 Å². The highest BCUT2D eigenvalue weighted by atomic mass is 16.5. The summed E-state index contributed by atoms with van der Waals surface area (Å²) in [6.07, 6.45) is 2.88. The van der Waals surface area contributed by atoms with Crippen LogP contribution in [0.1, 0.15) is 5.56 Å². The summed E-state index contributed by atoms with van der Waals surface area (Å²) in [6.45, 7) is 1.85. The zero-order valence-corrected chi connectivity index (χ0v) is 10.7. The molecule has 0 spiro atoms. The van der Waals surface area contributed by atoms with E-state index in [1.807, 2.05) is 13.0 Å². The standard InChI is InChI=1S/C14H11N3O3/c1-8-4-14(18)20-11-5-9(2-3-10(8)11)19-13-7-16-6-12(15)17-13/h2-7H,1H3,(H2,15,17). The zero-order chi connectivity index (χ0) is 14.1. The highest BCUT2D eigenvalue weighted by Crippen LogP contribution is 2.25. The van der Waals surface area contributed by atoms with Gasteiger partial charge in [-0.1, -0.05) is 0 Å². The average molecular weight is 269 g/mol. The minimum Gasteiger partial charge on any atom is -0.437 e. The monoisotopic (exact) mass is 269 g/mol. The first-order valence-corrected chi connectivity index (χ1v) is 5.92. The number of aromatic nitrogens is 2. The van der Waals surface area contributed by atoms with E-state index in [4.69, 9.17) is 14.9 Å². The van der Waals surface area contributed by atoms with E-state index in [1.54, 1.807) is 12.1 Å². The molecular formula is C14H11N3O3. The largest absolute Gasteiger partial charge is 0.437 e. The van der Waals surface area contributed by atoms with Gasteiger partial charge in [0.25, 0.3) is 0 Å². The van der Waals surface area contributed by atoms with Gasteiger partial charge in [0.15, 0.2) is 0 Å². The number of nitrogens with two attached hydrogens (primary N) is 1. The number of rotatable bonds is 2. The molecule has 2 N–H and O–H groups in total. The van der Waals surface area contributed by atoms with Crippen molar-refractivity contribution in [3.05, 3.63) is 52.6 Å². The van der Waals surface area contributed by atoms with Crippen LogP contribution >= 0.6 is 0 Å². The Morgan fingerprint density at radius 1 is 1.25 bits per heavy atom. The van der Waals surface area contributed by atoms with Gasteiger partial charge in [-0.15, -0.1) is 0 Å². The summed E-state index contributed by atoms with van der Waals surface area (Å²) in [6, 6.07) is 6.67. The number of benzene rings is 1. The van der Waals surface area contributed by atoms with Crippen molar-refractivity contribution in [3.63, 3.8) is 0 Å². The summed E-state index contributed by atoms with van der Waals surface area (Å²) in [5.41, 5.74) is 6.45. The van der Waals surface area contributed by atoms with Gasteiger partial charge in [0.2, 0.25) is 5.88 Å². The van der Waals surface area contributed by atoms with Crippen LogP contribution in [0.5, 0.6) is 11.6 Å². The van der Waals surface area contributed by atoms with E-state index in [9.17, 15) is 4.79 Å². The maximum Gasteiger partial charge on any atom is 0.336 e. The molecule has 0 atom stereocenters. The van der Waals surface area contributed by atoms with Crippen molar-refractivity contribution in [2.45, 2.75) is 6.92 Å². The van der Waals surface area contributed by atoms with Crippen molar-refractivity contribution in [1.29, 1.82) is 0 Å². The van der Waals surface area contributed by atoms with Crippen molar-refractivity contribution >= 4 is 16.8 Å². The lowest BCUT2D eigenvalue weighted by Crippen LogP contribution is -1.98. The molecular weight excluding hydrogens is 258 g/mol. The Bertz CT molecular complexity index is 842. The lowest BCUT2D eigenvalue weighted by molar-refractivity contribution is 0.459. The molecule has 20 heavy (non-hydrogen) atoms. The number of aryl methyl sites for hydroxylation is 1. The molecule has 0 amide bonds. The van der Waals surface area contributed by atoms with Crippen molar-refractivity contribution in [1.82, 2.24) is 9.97 Å². The van der Waals surface area contributed by atoms with Crippen LogP contribution in [0.25, 0.3) is 11.0 Å². The van der Waals surface area contributed by atoms with Crippen LogP contribution in [-0.4, -0.2) is 9.97 Å². The highest BCUT2D eigenvalue weighted by molar-refractivity contribution is 5.81. The number of anilines is 1. The molecule has 0 saturated carbocycles. The van der Waals surface area contributed by atoms with E-state index in [0.717, 1.165) is 10.9 Å².